The van der Waals surface area contributed by atoms with Gasteiger partial charge >= 0.3 is 5.69 Å². The van der Waals surface area contributed by atoms with Gasteiger partial charge in [0.2, 0.25) is 0 Å². The molecule has 2 rings (SSSR count). The number of nitrogens with one attached hydrogen (secondary N) is 1. The number of nitrogens with zero attached hydrogens (tertiary/aromatic N) is 1. The van der Waals surface area contributed by atoms with E-state index in [0.717, 1.165) is 0 Å². The normalized spacial score (nSPS) is 9.95. The summed E-state index contributed by atoms with van der Waals surface area (Å²) < 4.78 is 10.5. The number of nitrogens with two attached hydrogens (primary N) is 1. The fraction of sp³-hybridized carbons (Fsp3) is 0.0714. The Balaban J connectivity index is 2.25. The molecule has 7 nitrogen and oxygen atoms in total. The molecule has 0 unspecified atom stereocenters. The number of nitro benzene ring substituents is 1. The maximum atomic E-state index is 10.9. The van der Waals surface area contributed by atoms with E-state index in [1.54, 1.807) is 30.3 Å². The fourth-order valence-electron chi connectivity index (χ4n) is 1.71. The van der Waals surface area contributed by atoms with E-state index in [1.165, 1.54) is 19.2 Å². The number of nitrogen functional groups attached to an aromatic ring is 1. The van der Waals surface area contributed by atoms with Gasteiger partial charge in [0.05, 0.1) is 18.1 Å². The van der Waals surface area contributed by atoms with E-state index >= 15 is 0 Å². The minimum atomic E-state index is -0.537. The van der Waals surface area contributed by atoms with Crippen molar-refractivity contribution in [3.63, 3.8) is 0 Å². The van der Waals surface area contributed by atoms with Crippen LogP contribution in [0.4, 0.5) is 5.69 Å². The van der Waals surface area contributed by atoms with E-state index in [4.69, 9.17) is 20.6 Å². The smallest absolute Gasteiger partial charge is 0.314 e. The molecule has 0 spiro atoms. The number of ether oxygens (including phenoxy) is 2. The molecule has 3 N–H and O–H groups in total. The van der Waals surface area contributed by atoms with Crippen LogP contribution in [-0.2, 0) is 0 Å². The zero-order valence-electron chi connectivity index (χ0n) is 11.2. The first-order valence-corrected chi connectivity index (χ1v) is 5.96. The van der Waals surface area contributed by atoms with E-state index in [9.17, 15) is 10.1 Å². The summed E-state index contributed by atoms with van der Waals surface area (Å²) in [4.78, 5) is 10.4. The van der Waals surface area contributed by atoms with Crippen molar-refractivity contribution in [1.82, 2.24) is 0 Å². The van der Waals surface area contributed by atoms with Gasteiger partial charge in [-0.15, -0.1) is 0 Å². The molecule has 7 heteroatoms. The second-order valence-electron chi connectivity index (χ2n) is 4.13. The van der Waals surface area contributed by atoms with Crippen molar-refractivity contribution >= 4 is 11.5 Å². The van der Waals surface area contributed by atoms with Crippen LogP contribution in [0.3, 0.4) is 0 Å². The molecule has 21 heavy (non-hydrogen) atoms. The van der Waals surface area contributed by atoms with Crippen LogP contribution in [-0.4, -0.2) is 17.9 Å². The fourth-order valence-corrected chi connectivity index (χ4v) is 1.71. The second-order valence-corrected chi connectivity index (χ2v) is 4.13. The van der Waals surface area contributed by atoms with Crippen molar-refractivity contribution in [2.75, 3.05) is 7.11 Å². The molecule has 0 saturated carbocycles. The van der Waals surface area contributed by atoms with Crippen LogP contribution < -0.4 is 15.2 Å². The van der Waals surface area contributed by atoms with Crippen molar-refractivity contribution in [3.8, 4) is 17.2 Å². The van der Waals surface area contributed by atoms with E-state index in [0.29, 0.717) is 17.1 Å². The summed E-state index contributed by atoms with van der Waals surface area (Å²) in [7, 11) is 1.36. The molecule has 0 radical (unpaired) electrons. The zero-order valence-corrected chi connectivity index (χ0v) is 11.2. The highest BCUT2D eigenvalue weighted by Gasteiger charge is 2.16. The zero-order chi connectivity index (χ0) is 15.4. The molecule has 2 aromatic carbocycles. The average molecular weight is 287 g/mol. The van der Waals surface area contributed by atoms with Gasteiger partial charge in [0.15, 0.2) is 5.75 Å². The first-order valence-electron chi connectivity index (χ1n) is 5.96. The molecule has 0 amide bonds. The van der Waals surface area contributed by atoms with Gasteiger partial charge in [-0.1, -0.05) is 0 Å². The summed E-state index contributed by atoms with van der Waals surface area (Å²) in [5.74, 6) is 0.929. The first-order chi connectivity index (χ1) is 10.0. The summed E-state index contributed by atoms with van der Waals surface area (Å²) in [6, 6.07) is 10.9. The van der Waals surface area contributed by atoms with E-state index in [1.807, 2.05) is 0 Å². The predicted molar refractivity (Wildman–Crippen MR) is 77.2 cm³/mol. The van der Waals surface area contributed by atoms with Gasteiger partial charge < -0.3 is 15.2 Å². The molecular formula is C14H13N3O4. The largest absolute Gasteiger partial charge is 0.490 e. The highest BCUT2D eigenvalue weighted by Crippen LogP contribution is 2.32. The van der Waals surface area contributed by atoms with Crippen molar-refractivity contribution in [2.24, 2.45) is 5.73 Å². The van der Waals surface area contributed by atoms with Gasteiger partial charge in [-0.2, -0.15) is 0 Å². The maximum absolute atomic E-state index is 10.9. The molecule has 0 bridgehead atoms. The van der Waals surface area contributed by atoms with Crippen LogP contribution in [0.5, 0.6) is 17.2 Å². The summed E-state index contributed by atoms with van der Waals surface area (Å²) in [6.07, 6.45) is 0. The average Bonchev–Trinajstić information content (AvgIpc) is 2.47. The third kappa shape index (κ3) is 3.27. The van der Waals surface area contributed by atoms with Gasteiger partial charge in [-0.05, 0) is 36.4 Å². The molecule has 0 aliphatic rings. The summed E-state index contributed by atoms with van der Waals surface area (Å²) >= 11 is 0. The number of hydrogen-bond donors (Lipinski definition) is 2. The lowest BCUT2D eigenvalue weighted by Gasteiger charge is -2.08. The Morgan fingerprint density at radius 1 is 1.19 bits per heavy atom. The molecule has 0 aliphatic heterocycles. The Labute approximate surface area is 120 Å². The maximum Gasteiger partial charge on any atom is 0.314 e. The number of methoxy groups -OCH3 is 1. The molecule has 0 atom stereocenters. The Morgan fingerprint density at radius 3 is 2.33 bits per heavy atom. The van der Waals surface area contributed by atoms with Crippen molar-refractivity contribution in [1.29, 1.82) is 5.41 Å². The minimum Gasteiger partial charge on any atom is -0.490 e. The summed E-state index contributed by atoms with van der Waals surface area (Å²) in [6.45, 7) is 0. The Hall–Kier alpha value is -3.09. The first kappa shape index (κ1) is 14.3. The van der Waals surface area contributed by atoms with Gasteiger partial charge in [-0.25, -0.2) is 0 Å². The van der Waals surface area contributed by atoms with E-state index in [2.05, 4.69) is 0 Å². The quantitative estimate of drug-likeness (QED) is 0.380. The lowest BCUT2D eigenvalue weighted by atomic mass is 10.2. The van der Waals surface area contributed by atoms with Crippen molar-refractivity contribution < 1.29 is 14.4 Å². The predicted octanol–water partition coefficient (Wildman–Crippen LogP) is 2.68. The van der Waals surface area contributed by atoms with E-state index in [-0.39, 0.29) is 17.3 Å². The van der Waals surface area contributed by atoms with Crippen LogP contribution >= 0.6 is 0 Å². The van der Waals surface area contributed by atoms with E-state index < -0.39 is 4.92 Å². The highest BCUT2D eigenvalue weighted by atomic mass is 16.6. The molecule has 2 aromatic rings. The third-order valence-electron chi connectivity index (χ3n) is 2.75. The minimum absolute atomic E-state index is 0.0402. The lowest BCUT2D eigenvalue weighted by molar-refractivity contribution is -0.385. The molecule has 0 aliphatic carbocycles. The summed E-state index contributed by atoms with van der Waals surface area (Å²) in [5, 5.41) is 18.2. The van der Waals surface area contributed by atoms with Gasteiger partial charge in [0.25, 0.3) is 0 Å². The van der Waals surface area contributed by atoms with Gasteiger partial charge in [0, 0.05) is 5.56 Å². The third-order valence-corrected chi connectivity index (χ3v) is 2.75. The molecule has 0 heterocycles. The SMILES string of the molecule is COc1ccc(Oc2ccc(C(=N)N)cc2)cc1[N+](=O)[O-]. The van der Waals surface area contributed by atoms with Crippen molar-refractivity contribution in [2.45, 2.75) is 0 Å². The van der Waals surface area contributed by atoms with Crippen LogP contribution in [0.15, 0.2) is 42.5 Å². The number of rotatable bonds is 5. The number of amidine groups is 1. The topological polar surface area (TPSA) is 111 Å². The molecule has 108 valence electrons. The van der Waals surface area contributed by atoms with Crippen LogP contribution in [0, 0.1) is 15.5 Å². The van der Waals surface area contributed by atoms with Crippen LogP contribution in [0.2, 0.25) is 0 Å². The second kappa shape index (κ2) is 5.91. The number of nitro groups is 1. The molecule has 0 aromatic heterocycles. The summed E-state index contributed by atoms with van der Waals surface area (Å²) in [5.41, 5.74) is 5.76. The Morgan fingerprint density at radius 2 is 1.81 bits per heavy atom. The number of benzene rings is 2. The monoisotopic (exact) mass is 287 g/mol. The molecule has 0 saturated heterocycles. The molecular weight excluding hydrogens is 274 g/mol. The van der Waals surface area contributed by atoms with Crippen LogP contribution in [0.25, 0.3) is 0 Å². The highest BCUT2D eigenvalue weighted by molar-refractivity contribution is 5.94. The number of hydrogen-bond acceptors (Lipinski definition) is 5. The Kier molecular flexibility index (Phi) is 4.03. The van der Waals surface area contributed by atoms with Crippen LogP contribution in [0.1, 0.15) is 5.56 Å². The van der Waals surface area contributed by atoms with Gasteiger partial charge in [0.1, 0.15) is 17.3 Å². The lowest BCUT2D eigenvalue weighted by Crippen LogP contribution is -2.10. The standard InChI is InChI=1S/C14H13N3O4/c1-20-13-7-6-11(8-12(13)17(18)19)21-10-4-2-9(3-5-10)14(15)16/h2-8H,1H3,(H3,15,16). The van der Waals surface area contributed by atoms with Crippen molar-refractivity contribution in [3.05, 3.63) is 58.1 Å². The Bertz CT molecular complexity index is 683. The van der Waals surface area contributed by atoms with Gasteiger partial charge in [-0.3, -0.25) is 15.5 Å². The molecule has 0 fully saturated rings.